The van der Waals surface area contributed by atoms with E-state index in [1.807, 2.05) is 6.07 Å². The van der Waals surface area contributed by atoms with Crippen LogP contribution >= 0.6 is 15.9 Å². The van der Waals surface area contributed by atoms with Crippen molar-refractivity contribution in [2.45, 2.75) is 0 Å². The highest BCUT2D eigenvalue weighted by atomic mass is 79.9. The number of nitrogens with zero attached hydrogens (tertiary/aromatic N) is 3. The number of halogens is 1. The van der Waals surface area contributed by atoms with E-state index in [-0.39, 0.29) is 5.91 Å². The third-order valence-corrected chi connectivity index (χ3v) is 2.84. The second-order valence-corrected chi connectivity index (χ2v) is 4.47. The predicted molar refractivity (Wildman–Crippen MR) is 70.3 cm³/mol. The third-order valence-electron chi connectivity index (χ3n) is 2.48. The molecule has 4 nitrogen and oxygen atoms in total. The summed E-state index contributed by atoms with van der Waals surface area (Å²) >= 11 is 3.31. The Morgan fingerprint density at radius 3 is 2.71 bits per heavy atom. The van der Waals surface area contributed by atoms with Crippen LogP contribution in [0, 0.1) is 0 Å². The fraction of sp³-hybridized carbons (Fsp3) is 0.250. The van der Waals surface area contributed by atoms with Crippen molar-refractivity contribution in [1.29, 1.82) is 0 Å². The van der Waals surface area contributed by atoms with E-state index in [0.717, 1.165) is 16.4 Å². The van der Waals surface area contributed by atoms with Crippen LogP contribution in [0.1, 0.15) is 10.4 Å². The van der Waals surface area contributed by atoms with Gasteiger partial charge < -0.3 is 4.90 Å². The van der Waals surface area contributed by atoms with Gasteiger partial charge in [0, 0.05) is 36.9 Å². The standard InChI is InChI=1S/C12H12BrN3O/c1-16(7-4-13)12(17)9-2-3-10-11(8-9)15-6-5-14-10/h2-3,5-6,8H,4,7H2,1H3. The number of hydrogen-bond acceptors (Lipinski definition) is 3. The lowest BCUT2D eigenvalue weighted by atomic mass is 10.1. The Hall–Kier alpha value is -1.49. The molecule has 0 fully saturated rings. The van der Waals surface area contributed by atoms with E-state index in [9.17, 15) is 4.79 Å². The molecule has 88 valence electrons. The Morgan fingerprint density at radius 2 is 2.00 bits per heavy atom. The van der Waals surface area contributed by atoms with Crippen LogP contribution in [0.5, 0.6) is 0 Å². The SMILES string of the molecule is CN(CCBr)C(=O)c1ccc2nccnc2c1. The molecule has 1 aromatic carbocycles. The average Bonchev–Trinajstić information content (AvgIpc) is 2.37. The lowest BCUT2D eigenvalue weighted by molar-refractivity contribution is 0.0804. The van der Waals surface area contributed by atoms with Crippen molar-refractivity contribution in [3.63, 3.8) is 0 Å². The van der Waals surface area contributed by atoms with Crippen LogP contribution in [-0.2, 0) is 0 Å². The van der Waals surface area contributed by atoms with Gasteiger partial charge in [0.05, 0.1) is 11.0 Å². The molecule has 2 aromatic rings. The van der Waals surface area contributed by atoms with Crippen molar-refractivity contribution in [2.24, 2.45) is 0 Å². The molecular weight excluding hydrogens is 282 g/mol. The highest BCUT2D eigenvalue weighted by molar-refractivity contribution is 9.09. The first kappa shape index (κ1) is 12.0. The predicted octanol–water partition coefficient (Wildman–Crippen LogP) is 2.10. The van der Waals surface area contributed by atoms with E-state index in [1.54, 1.807) is 36.5 Å². The number of fused-ring (bicyclic) bond motifs is 1. The molecule has 1 aromatic heterocycles. The molecule has 0 aliphatic carbocycles. The molecule has 0 aliphatic rings. The highest BCUT2D eigenvalue weighted by Crippen LogP contribution is 2.12. The van der Waals surface area contributed by atoms with E-state index >= 15 is 0 Å². The molecule has 17 heavy (non-hydrogen) atoms. The molecule has 0 saturated carbocycles. The molecule has 2 rings (SSSR count). The molecular formula is C12H12BrN3O. The lowest BCUT2D eigenvalue weighted by Gasteiger charge is -2.15. The van der Waals surface area contributed by atoms with E-state index < -0.39 is 0 Å². The minimum Gasteiger partial charge on any atom is -0.341 e. The largest absolute Gasteiger partial charge is 0.341 e. The van der Waals surface area contributed by atoms with Crippen molar-refractivity contribution >= 4 is 32.9 Å². The lowest BCUT2D eigenvalue weighted by Crippen LogP contribution is -2.28. The smallest absolute Gasteiger partial charge is 0.253 e. The highest BCUT2D eigenvalue weighted by Gasteiger charge is 2.11. The average molecular weight is 294 g/mol. The Morgan fingerprint density at radius 1 is 1.29 bits per heavy atom. The maximum Gasteiger partial charge on any atom is 0.253 e. The summed E-state index contributed by atoms with van der Waals surface area (Å²) in [6.45, 7) is 0.678. The summed E-state index contributed by atoms with van der Waals surface area (Å²) in [5.41, 5.74) is 2.18. The van der Waals surface area contributed by atoms with Crippen LogP contribution in [-0.4, -0.2) is 39.7 Å². The fourth-order valence-corrected chi connectivity index (χ4v) is 2.08. The number of rotatable bonds is 3. The minimum atomic E-state index is -0.00277. The van der Waals surface area contributed by atoms with Crippen LogP contribution in [0.4, 0.5) is 0 Å². The third kappa shape index (κ3) is 2.61. The number of benzene rings is 1. The summed E-state index contributed by atoms with van der Waals surface area (Å²) in [6.07, 6.45) is 3.26. The molecule has 1 heterocycles. The monoisotopic (exact) mass is 293 g/mol. The van der Waals surface area contributed by atoms with Gasteiger partial charge in [-0.05, 0) is 18.2 Å². The molecule has 0 spiro atoms. The van der Waals surface area contributed by atoms with Gasteiger partial charge in [0.25, 0.3) is 5.91 Å². The molecule has 0 bridgehead atoms. The number of carbonyl (C=O) groups is 1. The molecule has 0 N–H and O–H groups in total. The zero-order valence-corrected chi connectivity index (χ0v) is 11.0. The van der Waals surface area contributed by atoms with Gasteiger partial charge in [-0.2, -0.15) is 0 Å². The van der Waals surface area contributed by atoms with Gasteiger partial charge in [0.15, 0.2) is 0 Å². The zero-order chi connectivity index (χ0) is 12.3. The molecule has 0 atom stereocenters. The fourth-order valence-electron chi connectivity index (χ4n) is 1.55. The maximum atomic E-state index is 12.0. The molecule has 1 amide bonds. The number of hydrogen-bond donors (Lipinski definition) is 0. The van der Waals surface area contributed by atoms with Crippen LogP contribution in [0.15, 0.2) is 30.6 Å². The van der Waals surface area contributed by atoms with Crippen molar-refractivity contribution in [1.82, 2.24) is 14.9 Å². The van der Waals surface area contributed by atoms with Crippen LogP contribution in [0.3, 0.4) is 0 Å². The summed E-state index contributed by atoms with van der Waals surface area (Å²) < 4.78 is 0. The topological polar surface area (TPSA) is 46.1 Å². The van der Waals surface area contributed by atoms with Gasteiger partial charge in [0.1, 0.15) is 0 Å². The molecule has 0 aliphatic heterocycles. The summed E-state index contributed by atoms with van der Waals surface area (Å²) in [4.78, 5) is 22.1. The van der Waals surface area contributed by atoms with Crippen molar-refractivity contribution < 1.29 is 4.79 Å². The normalized spacial score (nSPS) is 10.5. The Labute approximate surface area is 108 Å². The maximum absolute atomic E-state index is 12.0. The van der Waals surface area contributed by atoms with Gasteiger partial charge in [-0.3, -0.25) is 14.8 Å². The first-order chi connectivity index (χ1) is 8.22. The second-order valence-electron chi connectivity index (χ2n) is 3.68. The summed E-state index contributed by atoms with van der Waals surface area (Å²) in [5, 5.41) is 0.766. The Bertz CT molecular complexity index is 544. The second kappa shape index (κ2) is 5.23. The van der Waals surface area contributed by atoms with Gasteiger partial charge in [-0.15, -0.1) is 0 Å². The number of alkyl halides is 1. The zero-order valence-electron chi connectivity index (χ0n) is 9.43. The molecule has 0 radical (unpaired) electrons. The Balaban J connectivity index is 2.33. The quantitative estimate of drug-likeness (QED) is 0.814. The van der Waals surface area contributed by atoms with Crippen molar-refractivity contribution in [3.05, 3.63) is 36.2 Å². The van der Waals surface area contributed by atoms with Crippen molar-refractivity contribution in [3.8, 4) is 0 Å². The summed E-state index contributed by atoms with van der Waals surface area (Å²) in [6, 6.07) is 5.37. The Kier molecular flexibility index (Phi) is 3.68. The van der Waals surface area contributed by atoms with Crippen LogP contribution in [0.2, 0.25) is 0 Å². The molecule has 5 heteroatoms. The van der Waals surface area contributed by atoms with Gasteiger partial charge in [-0.1, -0.05) is 15.9 Å². The van der Waals surface area contributed by atoms with Crippen molar-refractivity contribution in [2.75, 3.05) is 18.9 Å². The van der Waals surface area contributed by atoms with E-state index in [4.69, 9.17) is 0 Å². The number of aromatic nitrogens is 2. The minimum absolute atomic E-state index is 0.00277. The first-order valence-corrected chi connectivity index (χ1v) is 6.36. The number of amides is 1. The van der Waals surface area contributed by atoms with Gasteiger partial charge in [0.2, 0.25) is 0 Å². The van der Waals surface area contributed by atoms with E-state index in [1.165, 1.54) is 0 Å². The van der Waals surface area contributed by atoms with Gasteiger partial charge in [-0.25, -0.2) is 0 Å². The summed E-state index contributed by atoms with van der Waals surface area (Å²) in [5.74, 6) is -0.00277. The first-order valence-electron chi connectivity index (χ1n) is 5.24. The van der Waals surface area contributed by atoms with E-state index in [2.05, 4.69) is 25.9 Å². The van der Waals surface area contributed by atoms with Gasteiger partial charge >= 0.3 is 0 Å². The van der Waals surface area contributed by atoms with E-state index in [0.29, 0.717) is 12.1 Å². The number of carbonyl (C=O) groups excluding carboxylic acids is 1. The van der Waals surface area contributed by atoms with Crippen LogP contribution in [0.25, 0.3) is 11.0 Å². The molecule has 0 saturated heterocycles. The molecule has 0 unspecified atom stereocenters. The van der Waals surface area contributed by atoms with Crippen LogP contribution < -0.4 is 0 Å². The summed E-state index contributed by atoms with van der Waals surface area (Å²) in [7, 11) is 1.78.